The molecular weight excluding hydrogens is 217 g/mol. The Labute approximate surface area is 163 Å². The maximum absolute atomic E-state index is 4.20. The van der Waals surface area contributed by atoms with Gasteiger partial charge in [0, 0.05) is 0 Å². The molecule has 1 rings (SSSR count). The summed E-state index contributed by atoms with van der Waals surface area (Å²) in [6, 6.07) is 8.29. The van der Waals surface area contributed by atoms with Gasteiger partial charge in [-0.05, 0) is 11.5 Å². The summed E-state index contributed by atoms with van der Waals surface area (Å²) in [7, 11) is 4.20. The monoisotopic (exact) mass is 228 g/mol. The van der Waals surface area contributed by atoms with E-state index >= 15 is 0 Å². The van der Waals surface area contributed by atoms with E-state index in [9.17, 15) is 0 Å². The Morgan fingerprint density at radius 2 is 1.42 bits per heavy atom. The molecule has 0 spiro atoms. The van der Waals surface area contributed by atoms with E-state index < -0.39 is 0 Å². The molecule has 0 atom stereocenters. The maximum atomic E-state index is 4.20. The average Bonchev–Trinajstić information content (AvgIpc) is 1.88. The molecule has 0 fully saturated rings. The first-order chi connectivity index (χ1) is 4.70. The van der Waals surface area contributed by atoms with Crippen LogP contribution in [0.15, 0.2) is 24.3 Å². The molecule has 3 heteroatoms. The van der Waals surface area contributed by atoms with E-state index in [4.69, 9.17) is 0 Å². The van der Waals surface area contributed by atoms with E-state index in [2.05, 4.69) is 35.2 Å². The molecule has 1 aromatic rings. The van der Waals surface area contributed by atoms with Gasteiger partial charge in [0.2, 0.25) is 0 Å². The predicted octanol–water partition coefficient (Wildman–Crippen LogP) is -3.15. The molecule has 12 heavy (non-hydrogen) atoms. The van der Waals surface area contributed by atoms with Gasteiger partial charge >= 0.3 is 103 Å². The van der Waals surface area contributed by atoms with E-state index in [1.54, 1.807) is 0 Å². The van der Waals surface area contributed by atoms with Gasteiger partial charge in [0.1, 0.15) is 0 Å². The van der Waals surface area contributed by atoms with Crippen LogP contribution in [0.4, 0.5) is 0 Å². The van der Waals surface area contributed by atoms with Crippen LogP contribution in [0.2, 0.25) is 0 Å². The van der Waals surface area contributed by atoms with Crippen molar-refractivity contribution in [2.24, 2.45) is 0 Å². The van der Waals surface area contributed by atoms with Crippen LogP contribution in [0.3, 0.4) is 0 Å². The Morgan fingerprint density at radius 1 is 1.00 bits per heavy atom. The first-order valence-corrected chi connectivity index (χ1v) is 3.94. The van der Waals surface area contributed by atoms with Gasteiger partial charge in [-0.1, -0.05) is 26.0 Å². The van der Waals surface area contributed by atoms with Crippen molar-refractivity contribution in [2.45, 2.75) is 19.8 Å². The van der Waals surface area contributed by atoms with E-state index in [0.717, 1.165) is 5.30 Å². The van der Waals surface area contributed by atoms with Gasteiger partial charge in [-0.25, -0.2) is 0 Å². The van der Waals surface area contributed by atoms with Crippen LogP contribution in [0.25, 0.3) is 0 Å². The molecule has 0 aliphatic carbocycles. The van der Waals surface area contributed by atoms with E-state index in [-0.39, 0.29) is 103 Å². The second-order valence-electron chi connectivity index (χ2n) is 2.75. The van der Waals surface area contributed by atoms with Crippen molar-refractivity contribution in [3.8, 4) is 0 Å². The van der Waals surface area contributed by atoms with Crippen molar-refractivity contribution >= 4 is 14.5 Å². The third kappa shape index (κ3) is 6.41. The van der Waals surface area contributed by atoms with E-state index in [1.807, 2.05) is 12.1 Å². The molecule has 0 N–H and O–H groups in total. The smallest absolute Gasteiger partial charge is 1.00 e. The Morgan fingerprint density at radius 3 is 1.75 bits per heavy atom. The zero-order valence-electron chi connectivity index (χ0n) is 8.33. The molecule has 0 unspecified atom stereocenters. The van der Waals surface area contributed by atoms with Crippen molar-refractivity contribution in [1.82, 2.24) is 0 Å². The summed E-state index contributed by atoms with van der Waals surface area (Å²) in [6.07, 6.45) is 0. The Hall–Kier alpha value is 2.92. The Bertz CT molecular complexity index is 206. The standard InChI is InChI=1S/C9H11P.2K/c1-7(2)8-3-5-9(10)6-4-8;;/h3-7H,1-2H3;;/q-2;2*+1. The molecule has 54 valence electrons. The number of benzene rings is 1. The molecule has 0 aliphatic rings. The second-order valence-corrected chi connectivity index (χ2v) is 3.26. The summed E-state index contributed by atoms with van der Waals surface area (Å²) in [5.74, 6) is 0.619. The third-order valence-corrected chi connectivity index (χ3v) is 1.86. The topological polar surface area (TPSA) is 0 Å². The third-order valence-electron chi connectivity index (χ3n) is 1.56. The van der Waals surface area contributed by atoms with Crippen LogP contribution in [-0.2, 0) is 0 Å². The van der Waals surface area contributed by atoms with Gasteiger partial charge in [-0.15, -0.1) is 12.1 Å². The van der Waals surface area contributed by atoms with E-state index in [1.165, 1.54) is 5.56 Å². The number of hydrogen-bond acceptors (Lipinski definition) is 0. The predicted molar refractivity (Wildman–Crippen MR) is 47.1 cm³/mol. The zero-order chi connectivity index (χ0) is 7.56. The van der Waals surface area contributed by atoms with E-state index in [0.29, 0.717) is 5.92 Å². The van der Waals surface area contributed by atoms with Gasteiger partial charge in [-0.3, -0.25) is 0 Å². The van der Waals surface area contributed by atoms with Crippen molar-refractivity contribution in [1.29, 1.82) is 0 Å². The van der Waals surface area contributed by atoms with Crippen molar-refractivity contribution in [3.05, 3.63) is 29.8 Å². The van der Waals surface area contributed by atoms with Crippen molar-refractivity contribution < 1.29 is 103 Å². The molecule has 0 nitrogen and oxygen atoms in total. The van der Waals surface area contributed by atoms with Crippen LogP contribution in [-0.4, -0.2) is 0 Å². The van der Waals surface area contributed by atoms with Crippen LogP contribution >= 0.6 is 9.24 Å². The molecule has 1 aromatic carbocycles. The van der Waals surface area contributed by atoms with Crippen molar-refractivity contribution in [3.63, 3.8) is 0 Å². The Kier molecular flexibility index (Phi) is 13.2. The fraction of sp³-hybridized carbons (Fsp3) is 0.333. The van der Waals surface area contributed by atoms with Gasteiger partial charge in [-0.2, -0.15) is 0 Å². The molecule has 0 saturated heterocycles. The summed E-state index contributed by atoms with van der Waals surface area (Å²) < 4.78 is 0. The molecule has 0 aliphatic heterocycles. The molecular formula is C9H11K2P. The Balaban J connectivity index is 0. The molecule has 0 bridgehead atoms. The van der Waals surface area contributed by atoms with Crippen LogP contribution in [0.5, 0.6) is 0 Å². The largest absolute Gasteiger partial charge is 1.45 e. The molecule has 0 radical (unpaired) electrons. The van der Waals surface area contributed by atoms with Gasteiger partial charge in [0.25, 0.3) is 0 Å². The van der Waals surface area contributed by atoms with Crippen molar-refractivity contribution in [2.75, 3.05) is 0 Å². The normalized spacial score (nSPS) is 8.67. The van der Waals surface area contributed by atoms with Crippen LogP contribution in [0.1, 0.15) is 25.3 Å². The first-order valence-electron chi connectivity index (χ1n) is 3.49. The van der Waals surface area contributed by atoms with Gasteiger partial charge in [0.05, 0.1) is 0 Å². The molecule has 0 amide bonds. The van der Waals surface area contributed by atoms with Crippen LogP contribution < -0.4 is 108 Å². The quantitative estimate of drug-likeness (QED) is 0.352. The summed E-state index contributed by atoms with van der Waals surface area (Å²) >= 11 is 0. The summed E-state index contributed by atoms with van der Waals surface area (Å²) in [4.78, 5) is 0. The minimum absolute atomic E-state index is 0. The molecule has 0 heterocycles. The maximum Gasteiger partial charge on any atom is 1.00 e. The number of hydrogen-bond donors (Lipinski definition) is 0. The van der Waals surface area contributed by atoms with Gasteiger partial charge in [0.15, 0.2) is 0 Å². The summed E-state index contributed by atoms with van der Waals surface area (Å²) in [6.45, 7) is 4.38. The number of rotatable bonds is 1. The first kappa shape index (κ1) is 17.3. The fourth-order valence-electron chi connectivity index (χ4n) is 0.859. The fourth-order valence-corrected chi connectivity index (χ4v) is 1.01. The molecule has 0 saturated carbocycles. The average molecular weight is 228 g/mol. The van der Waals surface area contributed by atoms with Crippen LogP contribution in [0, 0.1) is 0 Å². The minimum atomic E-state index is 0. The molecule has 0 aromatic heterocycles. The summed E-state index contributed by atoms with van der Waals surface area (Å²) in [5.41, 5.74) is 1.37. The second kappa shape index (κ2) is 9.17. The zero-order valence-corrected chi connectivity index (χ0v) is 15.5. The summed E-state index contributed by atoms with van der Waals surface area (Å²) in [5, 5.41) is 1.03. The SMILES string of the molecule is CC(C)c1ccc([P-2])cc1.[K+].[K+]. The van der Waals surface area contributed by atoms with Gasteiger partial charge < -0.3 is 14.5 Å². The minimum Gasteiger partial charge on any atom is -1.45 e.